The van der Waals surface area contributed by atoms with Gasteiger partial charge < -0.3 is 19.1 Å². The van der Waals surface area contributed by atoms with Crippen LogP contribution in [0.3, 0.4) is 0 Å². The fourth-order valence-electron chi connectivity index (χ4n) is 1.94. The number of anilines is 1. The van der Waals surface area contributed by atoms with E-state index in [1.807, 2.05) is 37.3 Å². The Balaban J connectivity index is 1.91. The Kier molecular flexibility index (Phi) is 7.11. The molecule has 8 nitrogen and oxygen atoms in total. The third-order valence-electron chi connectivity index (χ3n) is 3.35. The van der Waals surface area contributed by atoms with Gasteiger partial charge in [0, 0.05) is 21.3 Å². The van der Waals surface area contributed by atoms with Crippen LogP contribution in [0.25, 0.3) is 0 Å². The number of amides is 2. The zero-order valence-electron chi connectivity index (χ0n) is 14.6. The normalized spacial score (nSPS) is 12.0. The lowest BCUT2D eigenvalue weighted by atomic mass is 10.3. The number of ether oxygens (including phenoxy) is 3. The summed E-state index contributed by atoms with van der Waals surface area (Å²) >= 11 is 1.27. The van der Waals surface area contributed by atoms with Gasteiger partial charge in [-0.15, -0.1) is 10.2 Å². The Bertz CT molecular complexity index is 663. The Morgan fingerprint density at radius 3 is 2.56 bits per heavy atom. The van der Waals surface area contributed by atoms with Gasteiger partial charge in [-0.1, -0.05) is 29.5 Å². The van der Waals surface area contributed by atoms with Crippen molar-refractivity contribution in [3.63, 3.8) is 0 Å². The van der Waals surface area contributed by atoms with Crippen molar-refractivity contribution in [2.75, 3.05) is 33.1 Å². The maximum absolute atomic E-state index is 12.2. The van der Waals surface area contributed by atoms with E-state index in [9.17, 15) is 4.79 Å². The molecule has 1 unspecified atom stereocenters. The summed E-state index contributed by atoms with van der Waals surface area (Å²) in [5.74, 6) is 0.751. The molecule has 0 fully saturated rings. The molecule has 1 aromatic heterocycles. The van der Waals surface area contributed by atoms with Crippen LogP contribution < -0.4 is 10.1 Å². The van der Waals surface area contributed by atoms with E-state index in [1.165, 1.54) is 30.5 Å². The molecule has 9 heteroatoms. The molecule has 136 valence electrons. The molecule has 0 aliphatic heterocycles. The third-order valence-corrected chi connectivity index (χ3v) is 4.35. The Morgan fingerprint density at radius 2 is 1.92 bits per heavy atom. The van der Waals surface area contributed by atoms with Crippen molar-refractivity contribution in [1.82, 2.24) is 15.1 Å². The molecule has 0 aliphatic carbocycles. The van der Waals surface area contributed by atoms with Crippen molar-refractivity contribution in [3.8, 4) is 5.75 Å². The predicted octanol–water partition coefficient (Wildman–Crippen LogP) is 2.76. The maximum atomic E-state index is 12.2. The number of para-hydroxylation sites is 1. The zero-order chi connectivity index (χ0) is 18.2. The molecule has 0 radical (unpaired) electrons. The molecule has 2 aromatic rings. The van der Waals surface area contributed by atoms with Crippen molar-refractivity contribution < 1.29 is 19.0 Å². The first-order valence-electron chi connectivity index (χ1n) is 7.66. The van der Waals surface area contributed by atoms with Crippen LogP contribution in [-0.2, 0) is 9.47 Å². The number of methoxy groups -OCH3 is 2. The summed E-state index contributed by atoms with van der Waals surface area (Å²) in [5, 5.41) is 11.8. The minimum absolute atomic E-state index is 0.269. The van der Waals surface area contributed by atoms with Crippen LogP contribution >= 0.6 is 11.3 Å². The number of hydrogen-bond donors (Lipinski definition) is 1. The van der Waals surface area contributed by atoms with Gasteiger partial charge in [-0.3, -0.25) is 5.32 Å². The Hall–Kier alpha value is -2.23. The van der Waals surface area contributed by atoms with Gasteiger partial charge in [0.25, 0.3) is 0 Å². The summed E-state index contributed by atoms with van der Waals surface area (Å²) < 4.78 is 16.0. The highest BCUT2D eigenvalue weighted by atomic mass is 32.1. The van der Waals surface area contributed by atoms with E-state index in [4.69, 9.17) is 14.2 Å². The lowest BCUT2D eigenvalue weighted by Crippen LogP contribution is -2.38. The van der Waals surface area contributed by atoms with E-state index >= 15 is 0 Å². The number of carbonyl (C=O) groups is 1. The van der Waals surface area contributed by atoms with E-state index < -0.39 is 6.29 Å². The van der Waals surface area contributed by atoms with Crippen LogP contribution in [0.5, 0.6) is 5.75 Å². The molecule has 0 saturated heterocycles. The number of urea groups is 1. The second-order valence-corrected chi connectivity index (χ2v) is 6.24. The minimum atomic E-state index is -0.486. The molecule has 0 spiro atoms. The lowest BCUT2D eigenvalue weighted by molar-refractivity contribution is -0.108. The van der Waals surface area contributed by atoms with Gasteiger partial charge in [-0.2, -0.15) is 0 Å². The lowest BCUT2D eigenvalue weighted by Gasteiger charge is -2.21. The maximum Gasteiger partial charge on any atom is 0.323 e. The summed E-state index contributed by atoms with van der Waals surface area (Å²) in [7, 11) is 4.68. The van der Waals surface area contributed by atoms with Gasteiger partial charge in [0.1, 0.15) is 11.9 Å². The highest BCUT2D eigenvalue weighted by Crippen LogP contribution is 2.26. The highest BCUT2D eigenvalue weighted by Gasteiger charge is 2.18. The van der Waals surface area contributed by atoms with Gasteiger partial charge in [-0.05, 0) is 19.1 Å². The summed E-state index contributed by atoms with van der Waals surface area (Å²) in [5.41, 5.74) is 0. The van der Waals surface area contributed by atoms with E-state index in [0.29, 0.717) is 10.1 Å². The van der Waals surface area contributed by atoms with E-state index in [1.54, 1.807) is 7.05 Å². The second kappa shape index (κ2) is 9.30. The molecular weight excluding hydrogens is 344 g/mol. The number of carbonyl (C=O) groups excluding carboxylic acids is 1. The van der Waals surface area contributed by atoms with Gasteiger partial charge in [0.05, 0.1) is 6.54 Å². The van der Waals surface area contributed by atoms with E-state index in [2.05, 4.69) is 15.5 Å². The molecule has 1 heterocycles. The minimum Gasteiger partial charge on any atom is -0.483 e. The summed E-state index contributed by atoms with van der Waals surface area (Å²) in [6.07, 6.45) is -0.755. The molecule has 0 saturated carbocycles. The number of likely N-dealkylation sites (N-methyl/N-ethyl adjacent to an activating group) is 1. The second-order valence-electron chi connectivity index (χ2n) is 5.23. The highest BCUT2D eigenvalue weighted by molar-refractivity contribution is 7.15. The average Bonchev–Trinajstić information content (AvgIpc) is 3.08. The number of hydrogen-bond acceptors (Lipinski definition) is 7. The number of aromatic nitrogens is 2. The van der Waals surface area contributed by atoms with Crippen LogP contribution in [0.2, 0.25) is 0 Å². The molecule has 0 aliphatic rings. The average molecular weight is 366 g/mol. The van der Waals surface area contributed by atoms with Gasteiger partial charge in [0.2, 0.25) is 5.13 Å². The molecule has 2 amide bonds. The number of rotatable bonds is 8. The molecule has 1 aromatic carbocycles. The van der Waals surface area contributed by atoms with Crippen molar-refractivity contribution in [3.05, 3.63) is 35.3 Å². The van der Waals surface area contributed by atoms with Crippen LogP contribution in [0, 0.1) is 0 Å². The largest absolute Gasteiger partial charge is 0.483 e. The summed E-state index contributed by atoms with van der Waals surface area (Å²) in [6, 6.07) is 9.14. The zero-order valence-corrected chi connectivity index (χ0v) is 15.4. The molecule has 0 bridgehead atoms. The van der Waals surface area contributed by atoms with Crippen LogP contribution in [-0.4, -0.2) is 55.2 Å². The number of benzene rings is 1. The standard InChI is InChI=1S/C16H22N4O4S/c1-11(24-12-8-6-5-7-9-12)14-18-19-15(25-14)17-16(21)20(2)10-13(22-3)23-4/h5-9,11,13H,10H2,1-4H3,(H,17,19,21). The first kappa shape index (κ1) is 19.1. The van der Waals surface area contributed by atoms with Crippen molar-refractivity contribution in [2.24, 2.45) is 0 Å². The Labute approximate surface area is 150 Å². The predicted molar refractivity (Wildman–Crippen MR) is 94.8 cm³/mol. The number of nitrogens with one attached hydrogen (secondary N) is 1. The topological polar surface area (TPSA) is 85.8 Å². The molecule has 1 N–H and O–H groups in total. The fourth-order valence-corrected chi connectivity index (χ4v) is 2.66. The van der Waals surface area contributed by atoms with E-state index in [0.717, 1.165) is 5.75 Å². The fraction of sp³-hybridized carbons (Fsp3) is 0.438. The molecular formula is C16H22N4O4S. The monoisotopic (exact) mass is 366 g/mol. The SMILES string of the molecule is COC(CN(C)C(=O)Nc1nnc(C(C)Oc2ccccc2)s1)OC. The quantitative estimate of drug-likeness (QED) is 0.723. The van der Waals surface area contributed by atoms with Crippen LogP contribution in [0.1, 0.15) is 18.0 Å². The van der Waals surface area contributed by atoms with Crippen LogP contribution in [0.15, 0.2) is 30.3 Å². The van der Waals surface area contributed by atoms with Gasteiger partial charge in [0.15, 0.2) is 11.3 Å². The summed E-state index contributed by atoms with van der Waals surface area (Å²) in [4.78, 5) is 13.6. The molecule has 2 rings (SSSR count). The Morgan fingerprint density at radius 1 is 1.24 bits per heavy atom. The third kappa shape index (κ3) is 5.66. The van der Waals surface area contributed by atoms with Gasteiger partial charge >= 0.3 is 6.03 Å². The van der Waals surface area contributed by atoms with Gasteiger partial charge in [-0.25, -0.2) is 4.79 Å². The smallest absolute Gasteiger partial charge is 0.323 e. The number of nitrogens with zero attached hydrogens (tertiary/aromatic N) is 3. The molecule has 1 atom stereocenters. The van der Waals surface area contributed by atoms with E-state index in [-0.39, 0.29) is 18.7 Å². The molecule has 25 heavy (non-hydrogen) atoms. The first-order valence-corrected chi connectivity index (χ1v) is 8.48. The van der Waals surface area contributed by atoms with Crippen molar-refractivity contribution in [1.29, 1.82) is 0 Å². The first-order chi connectivity index (χ1) is 12.0. The van der Waals surface area contributed by atoms with Crippen molar-refractivity contribution >= 4 is 22.5 Å². The van der Waals surface area contributed by atoms with Crippen molar-refractivity contribution in [2.45, 2.75) is 19.3 Å². The van der Waals surface area contributed by atoms with Crippen LogP contribution in [0.4, 0.5) is 9.93 Å². The summed E-state index contributed by atoms with van der Waals surface area (Å²) in [6.45, 7) is 2.17.